The van der Waals surface area contributed by atoms with E-state index in [0.717, 1.165) is 12.1 Å². The Morgan fingerprint density at radius 2 is 2.02 bits per heavy atom. The molecule has 1 unspecified atom stereocenters. The number of nitriles is 1. The number of aromatic nitrogens is 2. The predicted molar refractivity (Wildman–Crippen MR) is 156 cm³/mol. The average Bonchev–Trinajstić information content (AvgIpc) is 2.92. The molecule has 1 saturated heterocycles. The van der Waals surface area contributed by atoms with Gasteiger partial charge in [-0.15, -0.1) is 0 Å². The van der Waals surface area contributed by atoms with Gasteiger partial charge in [0.25, 0.3) is 0 Å². The lowest BCUT2D eigenvalue weighted by molar-refractivity contribution is -0.385. The Bertz CT molecular complexity index is 1510. The molecule has 2 aliphatic rings. The normalized spacial score (nSPS) is 20.0. The fraction of sp³-hybridized carbons (Fsp3) is 0.536. The molecule has 236 valence electrons. The summed E-state index contributed by atoms with van der Waals surface area (Å²) in [6.07, 6.45) is -0.999. The second kappa shape index (κ2) is 13.1. The van der Waals surface area contributed by atoms with Crippen molar-refractivity contribution in [2.24, 2.45) is 0 Å². The first kappa shape index (κ1) is 33.1. The lowest BCUT2D eigenvalue weighted by Gasteiger charge is -2.41. The van der Waals surface area contributed by atoms with Crippen molar-refractivity contribution in [3.8, 4) is 6.07 Å². The number of carbonyl (C=O) groups is 2. The summed E-state index contributed by atoms with van der Waals surface area (Å²) in [5.74, 6) is -1.83. The van der Waals surface area contributed by atoms with Crippen molar-refractivity contribution in [1.82, 2.24) is 14.9 Å². The van der Waals surface area contributed by atoms with Crippen LogP contribution in [-0.4, -0.2) is 76.3 Å². The second-order valence-corrected chi connectivity index (χ2v) is 12.0. The van der Waals surface area contributed by atoms with Crippen LogP contribution >= 0.6 is 23.2 Å². The summed E-state index contributed by atoms with van der Waals surface area (Å²) in [6.45, 7) is 6.79. The number of carbonyl (C=O) groups excluding carboxylic acids is 2. The van der Waals surface area contributed by atoms with Crippen LogP contribution in [0.2, 0.25) is 10.3 Å². The third-order valence-electron chi connectivity index (χ3n) is 7.15. The summed E-state index contributed by atoms with van der Waals surface area (Å²) >= 11 is 12.6. The number of hydrogen-bond acceptors (Lipinski definition) is 11. The van der Waals surface area contributed by atoms with Gasteiger partial charge in [-0.25, -0.2) is 19.0 Å². The molecule has 4 rings (SSSR count). The van der Waals surface area contributed by atoms with Gasteiger partial charge in [0.2, 0.25) is 11.1 Å². The SMILES string of the molecule is CCOC(=O)C1(Cc2nc(Cl)nc(N3CCN(C(=O)OC(C)(C)C)[C@@H](CC#N)C3)c2[N+](=O)[O-])OCCc2c(Cl)cc(F)cc21. The van der Waals surface area contributed by atoms with Crippen molar-refractivity contribution in [3.05, 3.63) is 55.2 Å². The number of nitro groups is 1. The minimum Gasteiger partial charge on any atom is -0.464 e. The second-order valence-electron chi connectivity index (χ2n) is 11.2. The smallest absolute Gasteiger partial charge is 0.410 e. The first-order valence-electron chi connectivity index (χ1n) is 13.8. The van der Waals surface area contributed by atoms with Gasteiger partial charge in [0.15, 0.2) is 5.60 Å². The molecule has 44 heavy (non-hydrogen) atoms. The Balaban J connectivity index is 1.80. The summed E-state index contributed by atoms with van der Waals surface area (Å²) in [7, 11) is 0. The van der Waals surface area contributed by atoms with Gasteiger partial charge < -0.3 is 24.0 Å². The van der Waals surface area contributed by atoms with Gasteiger partial charge in [0, 0.05) is 36.6 Å². The number of rotatable bonds is 7. The molecule has 16 heteroatoms. The number of piperazine rings is 1. The van der Waals surface area contributed by atoms with E-state index in [1.165, 1.54) is 9.80 Å². The molecule has 13 nitrogen and oxygen atoms in total. The third kappa shape index (κ3) is 6.80. The highest BCUT2D eigenvalue weighted by molar-refractivity contribution is 6.31. The number of fused-ring (bicyclic) bond motifs is 1. The molecule has 1 aromatic heterocycles. The van der Waals surface area contributed by atoms with E-state index < -0.39 is 52.2 Å². The van der Waals surface area contributed by atoms with E-state index in [1.54, 1.807) is 27.7 Å². The number of anilines is 1. The van der Waals surface area contributed by atoms with Gasteiger partial charge in [0.05, 0.1) is 36.7 Å². The van der Waals surface area contributed by atoms with E-state index in [9.17, 15) is 29.4 Å². The molecule has 1 amide bonds. The van der Waals surface area contributed by atoms with Gasteiger partial charge in [-0.3, -0.25) is 10.1 Å². The van der Waals surface area contributed by atoms with Crippen molar-refractivity contribution >= 4 is 46.8 Å². The highest BCUT2D eigenvalue weighted by Gasteiger charge is 2.50. The highest BCUT2D eigenvalue weighted by Crippen LogP contribution is 2.43. The van der Waals surface area contributed by atoms with Crippen LogP contribution < -0.4 is 4.90 Å². The Morgan fingerprint density at radius 3 is 2.66 bits per heavy atom. The number of halogens is 3. The number of amides is 1. The van der Waals surface area contributed by atoms with E-state index in [0.29, 0.717) is 5.56 Å². The van der Waals surface area contributed by atoms with Crippen LogP contribution in [0.1, 0.15) is 50.9 Å². The van der Waals surface area contributed by atoms with Gasteiger partial charge in [-0.2, -0.15) is 10.2 Å². The first-order chi connectivity index (χ1) is 20.7. The first-order valence-corrected chi connectivity index (χ1v) is 14.6. The van der Waals surface area contributed by atoms with Crippen LogP contribution in [0.15, 0.2) is 12.1 Å². The third-order valence-corrected chi connectivity index (χ3v) is 7.65. The fourth-order valence-corrected chi connectivity index (χ4v) is 5.85. The Kier molecular flexibility index (Phi) is 9.82. The molecule has 0 aliphatic carbocycles. The summed E-state index contributed by atoms with van der Waals surface area (Å²) in [6, 6.07) is 3.55. The van der Waals surface area contributed by atoms with Gasteiger partial charge in [-0.1, -0.05) is 11.6 Å². The van der Waals surface area contributed by atoms with Crippen LogP contribution in [0.5, 0.6) is 0 Å². The van der Waals surface area contributed by atoms with Crippen LogP contribution in [0.3, 0.4) is 0 Å². The Hall–Kier alpha value is -3.80. The molecule has 0 spiro atoms. The molecular formula is C28H31Cl2FN6O7. The summed E-state index contributed by atoms with van der Waals surface area (Å²) in [5.41, 5.74) is -3.14. The van der Waals surface area contributed by atoms with Crippen molar-refractivity contribution in [1.29, 1.82) is 5.26 Å². The zero-order chi connectivity index (χ0) is 32.4. The zero-order valence-electron chi connectivity index (χ0n) is 24.6. The maximum atomic E-state index is 14.6. The number of benzene rings is 1. The van der Waals surface area contributed by atoms with Gasteiger partial charge in [-0.05, 0) is 63.4 Å². The number of esters is 1. The molecule has 2 aliphatic heterocycles. The van der Waals surface area contributed by atoms with E-state index >= 15 is 0 Å². The van der Waals surface area contributed by atoms with Crippen LogP contribution in [0.25, 0.3) is 0 Å². The largest absolute Gasteiger partial charge is 0.464 e. The molecule has 0 N–H and O–H groups in total. The molecule has 3 heterocycles. The maximum Gasteiger partial charge on any atom is 0.410 e. The van der Waals surface area contributed by atoms with Gasteiger partial charge in [0.1, 0.15) is 17.1 Å². The lowest BCUT2D eigenvalue weighted by atomic mass is 9.82. The minimum absolute atomic E-state index is 0.0103. The molecule has 1 aromatic carbocycles. The molecule has 0 radical (unpaired) electrons. The monoisotopic (exact) mass is 652 g/mol. The average molecular weight is 653 g/mol. The van der Waals surface area contributed by atoms with Crippen LogP contribution in [0.4, 0.5) is 20.7 Å². The molecule has 2 atom stereocenters. The van der Waals surface area contributed by atoms with E-state index in [1.807, 2.05) is 6.07 Å². The van der Waals surface area contributed by atoms with Crippen LogP contribution in [0, 0.1) is 27.3 Å². The van der Waals surface area contributed by atoms with Crippen LogP contribution in [-0.2, 0) is 37.4 Å². The van der Waals surface area contributed by atoms with Crippen molar-refractivity contribution in [2.45, 2.75) is 64.2 Å². The summed E-state index contributed by atoms with van der Waals surface area (Å²) in [5, 5.41) is 21.8. The lowest BCUT2D eigenvalue weighted by Crippen LogP contribution is -2.56. The van der Waals surface area contributed by atoms with E-state index in [2.05, 4.69) is 9.97 Å². The quantitative estimate of drug-likeness (QED) is 0.176. The van der Waals surface area contributed by atoms with E-state index in [4.69, 9.17) is 37.4 Å². The standard InChI is InChI=1S/C28H31Cl2FN6O7/c1-5-42-24(38)28(19-12-16(31)13-20(29)18(19)7-11-43-28)14-21-22(37(40)41)23(34-25(30)33-21)35-9-10-36(17(15-35)6-8-32)26(39)44-27(2,3)4/h12-13,17H,5-7,9-11,14-15H2,1-4H3/t17-,28?/m0/s1. The minimum atomic E-state index is -2.03. The molecule has 1 fully saturated rings. The van der Waals surface area contributed by atoms with Crippen molar-refractivity contribution in [3.63, 3.8) is 0 Å². The Labute approximate surface area is 262 Å². The number of hydrogen-bond donors (Lipinski definition) is 0. The summed E-state index contributed by atoms with van der Waals surface area (Å²) < 4.78 is 31.4. The molecule has 0 bridgehead atoms. The predicted octanol–water partition coefficient (Wildman–Crippen LogP) is 4.74. The van der Waals surface area contributed by atoms with Crippen molar-refractivity contribution < 1.29 is 33.1 Å². The van der Waals surface area contributed by atoms with E-state index in [-0.39, 0.29) is 73.1 Å². The van der Waals surface area contributed by atoms with Gasteiger partial charge >= 0.3 is 17.7 Å². The molecular weight excluding hydrogens is 622 g/mol. The topological polar surface area (TPSA) is 161 Å². The maximum absolute atomic E-state index is 14.6. The number of nitrogens with zero attached hydrogens (tertiary/aromatic N) is 6. The number of ether oxygens (including phenoxy) is 3. The Morgan fingerprint density at radius 1 is 1.30 bits per heavy atom. The highest BCUT2D eigenvalue weighted by atomic mass is 35.5. The summed E-state index contributed by atoms with van der Waals surface area (Å²) in [4.78, 5) is 49.5. The fourth-order valence-electron chi connectivity index (χ4n) is 5.37. The zero-order valence-corrected chi connectivity index (χ0v) is 26.1. The molecule has 0 saturated carbocycles. The van der Waals surface area contributed by atoms with Crippen molar-refractivity contribution in [2.75, 3.05) is 37.7 Å². The molecule has 2 aromatic rings.